The van der Waals surface area contributed by atoms with Gasteiger partial charge in [-0.1, -0.05) is 23.7 Å². The molecule has 0 saturated carbocycles. The Balaban J connectivity index is 1.67. The van der Waals surface area contributed by atoms with Gasteiger partial charge in [0.05, 0.1) is 22.3 Å². The van der Waals surface area contributed by atoms with Crippen LogP contribution in [0.15, 0.2) is 48.8 Å². The fourth-order valence-corrected chi connectivity index (χ4v) is 2.52. The highest BCUT2D eigenvalue weighted by Gasteiger charge is 2.15. The number of fused-ring (bicyclic) bond motifs is 1. The van der Waals surface area contributed by atoms with E-state index in [9.17, 15) is 9.18 Å². The second kappa shape index (κ2) is 6.15. The van der Waals surface area contributed by atoms with Gasteiger partial charge in [-0.15, -0.1) is 0 Å². The van der Waals surface area contributed by atoms with Crippen molar-refractivity contribution in [2.24, 2.45) is 0 Å². The number of amides is 1. The highest BCUT2D eigenvalue weighted by Crippen LogP contribution is 2.18. The summed E-state index contributed by atoms with van der Waals surface area (Å²) in [4.78, 5) is 16.3. The van der Waals surface area contributed by atoms with Crippen molar-refractivity contribution < 1.29 is 9.18 Å². The van der Waals surface area contributed by atoms with Gasteiger partial charge in [-0.2, -0.15) is 0 Å². The molecule has 1 amide bonds. The Morgan fingerprint density at radius 2 is 2.14 bits per heavy atom. The van der Waals surface area contributed by atoms with Crippen molar-refractivity contribution in [3.05, 3.63) is 71.0 Å². The Morgan fingerprint density at radius 1 is 1.27 bits per heavy atom. The van der Waals surface area contributed by atoms with Crippen molar-refractivity contribution in [3.8, 4) is 0 Å². The predicted molar refractivity (Wildman–Crippen MR) is 82.6 cm³/mol. The van der Waals surface area contributed by atoms with E-state index in [0.29, 0.717) is 13.0 Å². The number of carbonyl (C=O) groups is 1. The standard InChI is InChI=1S/C16H13ClFN3O/c17-12-5-3-6-13(18)15(12)16(22)19-8-7-14-20-10-11-4-1-2-9-21(11)14/h1-6,9-10H,7-8H2,(H,19,22). The smallest absolute Gasteiger partial charge is 0.255 e. The molecular weight excluding hydrogens is 305 g/mol. The number of carbonyl (C=O) groups excluding carboxylic acids is 1. The minimum atomic E-state index is -0.628. The zero-order valence-corrected chi connectivity index (χ0v) is 12.3. The molecule has 0 aliphatic heterocycles. The van der Waals surface area contributed by atoms with Crippen molar-refractivity contribution in [3.63, 3.8) is 0 Å². The average molecular weight is 318 g/mol. The van der Waals surface area contributed by atoms with Crippen LogP contribution in [0.1, 0.15) is 16.2 Å². The molecule has 0 bridgehead atoms. The molecule has 112 valence electrons. The maximum absolute atomic E-state index is 13.6. The SMILES string of the molecule is O=C(NCCc1ncc2ccccn12)c1c(F)cccc1Cl. The molecule has 0 fully saturated rings. The number of aromatic nitrogens is 2. The summed E-state index contributed by atoms with van der Waals surface area (Å²) in [5.41, 5.74) is 0.859. The Morgan fingerprint density at radius 3 is 2.95 bits per heavy atom. The molecule has 4 nitrogen and oxygen atoms in total. The van der Waals surface area contributed by atoms with Crippen molar-refractivity contribution in [1.82, 2.24) is 14.7 Å². The van der Waals surface area contributed by atoms with Crippen molar-refractivity contribution in [2.75, 3.05) is 6.54 Å². The molecule has 2 aromatic heterocycles. The lowest BCUT2D eigenvalue weighted by molar-refractivity contribution is 0.0950. The van der Waals surface area contributed by atoms with E-state index in [-0.39, 0.29) is 10.6 Å². The van der Waals surface area contributed by atoms with E-state index >= 15 is 0 Å². The molecule has 0 spiro atoms. The number of imidazole rings is 1. The topological polar surface area (TPSA) is 46.4 Å². The Hall–Kier alpha value is -2.40. The summed E-state index contributed by atoms with van der Waals surface area (Å²) in [6, 6.07) is 9.96. The van der Waals surface area contributed by atoms with Gasteiger partial charge in [0.15, 0.2) is 0 Å². The maximum atomic E-state index is 13.6. The summed E-state index contributed by atoms with van der Waals surface area (Å²) >= 11 is 5.86. The maximum Gasteiger partial charge on any atom is 0.255 e. The fourth-order valence-electron chi connectivity index (χ4n) is 2.28. The number of rotatable bonds is 4. The number of pyridine rings is 1. The van der Waals surface area contributed by atoms with Crippen LogP contribution in [0, 0.1) is 5.82 Å². The molecular formula is C16H13ClFN3O. The normalized spacial score (nSPS) is 10.8. The number of benzene rings is 1. The number of nitrogens with zero attached hydrogens (tertiary/aromatic N) is 2. The number of hydrogen-bond donors (Lipinski definition) is 1. The molecule has 1 N–H and O–H groups in total. The number of nitrogens with one attached hydrogen (secondary N) is 1. The van der Waals surface area contributed by atoms with Gasteiger partial charge in [0.1, 0.15) is 11.6 Å². The second-order valence-corrected chi connectivity index (χ2v) is 5.18. The summed E-state index contributed by atoms with van der Waals surface area (Å²) in [6.07, 6.45) is 4.22. The van der Waals surface area contributed by atoms with Crippen molar-refractivity contribution >= 4 is 23.0 Å². The summed E-state index contributed by atoms with van der Waals surface area (Å²) in [5.74, 6) is -0.323. The molecule has 3 rings (SSSR count). The van der Waals surface area contributed by atoms with Crippen LogP contribution in [0.4, 0.5) is 4.39 Å². The summed E-state index contributed by atoms with van der Waals surface area (Å²) in [7, 11) is 0. The predicted octanol–water partition coefficient (Wildman–Crippen LogP) is 3.10. The van der Waals surface area contributed by atoms with E-state index in [1.807, 2.05) is 28.8 Å². The first kappa shape index (κ1) is 14.5. The first-order chi connectivity index (χ1) is 10.7. The first-order valence-corrected chi connectivity index (χ1v) is 7.18. The van der Waals surface area contributed by atoms with Crippen LogP contribution in [0.25, 0.3) is 5.52 Å². The first-order valence-electron chi connectivity index (χ1n) is 6.80. The van der Waals surface area contributed by atoms with Crippen LogP contribution < -0.4 is 5.32 Å². The summed E-state index contributed by atoms with van der Waals surface area (Å²) in [6.45, 7) is 0.345. The molecule has 0 saturated heterocycles. The lowest BCUT2D eigenvalue weighted by Crippen LogP contribution is -2.27. The second-order valence-electron chi connectivity index (χ2n) is 4.77. The van der Waals surface area contributed by atoms with Crippen molar-refractivity contribution in [2.45, 2.75) is 6.42 Å². The zero-order chi connectivity index (χ0) is 15.5. The lowest BCUT2D eigenvalue weighted by Gasteiger charge is -2.07. The van der Waals surface area contributed by atoms with Crippen LogP contribution >= 0.6 is 11.6 Å². The Bertz CT molecular complexity index is 811. The highest BCUT2D eigenvalue weighted by molar-refractivity contribution is 6.33. The molecule has 0 aliphatic rings. The Labute approximate surface area is 131 Å². The third kappa shape index (κ3) is 2.80. The monoisotopic (exact) mass is 317 g/mol. The van der Waals surface area contributed by atoms with E-state index in [4.69, 9.17) is 11.6 Å². The van der Waals surface area contributed by atoms with Gasteiger partial charge in [-0.05, 0) is 24.3 Å². The highest BCUT2D eigenvalue weighted by atomic mass is 35.5. The van der Waals surface area contributed by atoms with Gasteiger partial charge in [0, 0.05) is 19.2 Å². The molecule has 3 aromatic rings. The van der Waals surface area contributed by atoms with E-state index in [1.165, 1.54) is 18.2 Å². The van der Waals surface area contributed by atoms with Gasteiger partial charge in [-0.3, -0.25) is 4.79 Å². The van der Waals surface area contributed by atoms with Crippen LogP contribution in [0.2, 0.25) is 5.02 Å². The van der Waals surface area contributed by atoms with Gasteiger partial charge in [-0.25, -0.2) is 9.37 Å². The number of hydrogen-bond acceptors (Lipinski definition) is 2. The van der Waals surface area contributed by atoms with E-state index in [0.717, 1.165) is 11.3 Å². The van der Waals surface area contributed by atoms with Gasteiger partial charge < -0.3 is 9.72 Å². The van der Waals surface area contributed by atoms with Crippen molar-refractivity contribution in [1.29, 1.82) is 0 Å². The third-order valence-electron chi connectivity index (χ3n) is 3.34. The largest absolute Gasteiger partial charge is 0.351 e. The third-order valence-corrected chi connectivity index (χ3v) is 3.65. The molecule has 0 radical (unpaired) electrons. The van der Waals surface area contributed by atoms with E-state index in [2.05, 4.69) is 10.3 Å². The van der Waals surface area contributed by atoms with Gasteiger partial charge in [0.25, 0.3) is 5.91 Å². The zero-order valence-electron chi connectivity index (χ0n) is 11.6. The van der Waals surface area contributed by atoms with Crippen LogP contribution in [-0.2, 0) is 6.42 Å². The summed E-state index contributed by atoms with van der Waals surface area (Å²) < 4.78 is 15.6. The average Bonchev–Trinajstić information content (AvgIpc) is 2.91. The molecule has 0 atom stereocenters. The molecule has 22 heavy (non-hydrogen) atoms. The minimum absolute atomic E-state index is 0.101. The minimum Gasteiger partial charge on any atom is -0.351 e. The van der Waals surface area contributed by atoms with Gasteiger partial charge >= 0.3 is 0 Å². The summed E-state index contributed by atoms with van der Waals surface area (Å²) in [5, 5.41) is 2.77. The fraction of sp³-hybridized carbons (Fsp3) is 0.125. The molecule has 0 unspecified atom stereocenters. The molecule has 1 aromatic carbocycles. The van der Waals surface area contributed by atoms with Gasteiger partial charge in [0.2, 0.25) is 0 Å². The van der Waals surface area contributed by atoms with E-state index < -0.39 is 11.7 Å². The number of halogens is 2. The Kier molecular flexibility index (Phi) is 4.06. The van der Waals surface area contributed by atoms with Crippen LogP contribution in [-0.4, -0.2) is 21.8 Å². The molecule has 0 aliphatic carbocycles. The molecule has 6 heteroatoms. The quantitative estimate of drug-likeness (QED) is 0.803. The molecule has 2 heterocycles. The lowest BCUT2D eigenvalue weighted by atomic mass is 10.2. The van der Waals surface area contributed by atoms with Crippen LogP contribution in [0.3, 0.4) is 0 Å². The van der Waals surface area contributed by atoms with E-state index in [1.54, 1.807) is 6.20 Å². The van der Waals surface area contributed by atoms with Crippen LogP contribution in [0.5, 0.6) is 0 Å².